The number of ether oxygens (including phenoxy) is 1. The summed E-state index contributed by atoms with van der Waals surface area (Å²) in [5, 5.41) is 2.57. The lowest BCUT2D eigenvalue weighted by molar-refractivity contribution is -0.149. The predicted octanol–water partition coefficient (Wildman–Crippen LogP) is 0.754. The lowest BCUT2D eigenvalue weighted by atomic mass is 10.0. The number of rotatable bonds is 4. The van der Waals surface area contributed by atoms with Crippen LogP contribution in [0.1, 0.15) is 25.5 Å². The van der Waals surface area contributed by atoms with Crippen LogP contribution in [-0.2, 0) is 14.3 Å². The van der Waals surface area contributed by atoms with Crippen molar-refractivity contribution in [2.45, 2.75) is 25.4 Å². The van der Waals surface area contributed by atoms with Crippen LogP contribution in [0.5, 0.6) is 0 Å². The summed E-state index contributed by atoms with van der Waals surface area (Å²) in [5.41, 5.74) is 5.41. The zero-order valence-corrected chi connectivity index (χ0v) is 10.8. The first-order valence-electron chi connectivity index (χ1n) is 5.59. The molecule has 1 atom stereocenters. The highest BCUT2D eigenvalue weighted by molar-refractivity contribution is 5.90. The fraction of sp³-hybridized carbons (Fsp3) is 0.385. The molecule has 1 amide bonds. The SMILES string of the molecule is COC(=O)C(C)(C)NC(=O)[C@@H](N)c1ccccc1. The van der Waals surface area contributed by atoms with Gasteiger partial charge in [0.05, 0.1) is 7.11 Å². The lowest BCUT2D eigenvalue weighted by Gasteiger charge is -2.25. The van der Waals surface area contributed by atoms with Crippen molar-refractivity contribution in [2.24, 2.45) is 5.73 Å². The number of carbonyl (C=O) groups is 2. The van der Waals surface area contributed by atoms with Gasteiger partial charge in [-0.3, -0.25) is 4.79 Å². The van der Waals surface area contributed by atoms with E-state index in [9.17, 15) is 9.59 Å². The van der Waals surface area contributed by atoms with Crippen LogP contribution in [0.3, 0.4) is 0 Å². The van der Waals surface area contributed by atoms with Crippen molar-refractivity contribution in [2.75, 3.05) is 7.11 Å². The highest BCUT2D eigenvalue weighted by Gasteiger charge is 2.32. The van der Waals surface area contributed by atoms with Gasteiger partial charge in [0.2, 0.25) is 5.91 Å². The summed E-state index contributed by atoms with van der Waals surface area (Å²) in [6, 6.07) is 8.15. The van der Waals surface area contributed by atoms with Crippen molar-refractivity contribution in [1.82, 2.24) is 5.32 Å². The van der Waals surface area contributed by atoms with E-state index in [1.54, 1.807) is 38.1 Å². The van der Waals surface area contributed by atoms with Gasteiger partial charge in [-0.25, -0.2) is 4.79 Å². The van der Waals surface area contributed by atoms with Crippen molar-refractivity contribution >= 4 is 11.9 Å². The average molecular weight is 250 g/mol. The van der Waals surface area contributed by atoms with Crippen molar-refractivity contribution in [3.8, 4) is 0 Å². The van der Waals surface area contributed by atoms with Gasteiger partial charge < -0.3 is 15.8 Å². The Hall–Kier alpha value is -1.88. The molecule has 0 aromatic heterocycles. The van der Waals surface area contributed by atoms with Crippen molar-refractivity contribution in [1.29, 1.82) is 0 Å². The van der Waals surface area contributed by atoms with Gasteiger partial charge in [-0.05, 0) is 19.4 Å². The van der Waals surface area contributed by atoms with Crippen molar-refractivity contribution in [3.63, 3.8) is 0 Å². The Bertz CT molecular complexity index is 429. The van der Waals surface area contributed by atoms with E-state index in [0.717, 1.165) is 0 Å². The van der Waals surface area contributed by atoms with Gasteiger partial charge in [0.15, 0.2) is 0 Å². The first kappa shape index (κ1) is 14.2. The monoisotopic (exact) mass is 250 g/mol. The topological polar surface area (TPSA) is 81.4 Å². The number of benzene rings is 1. The quantitative estimate of drug-likeness (QED) is 0.773. The fourth-order valence-electron chi connectivity index (χ4n) is 1.50. The number of hydrogen-bond acceptors (Lipinski definition) is 4. The summed E-state index contributed by atoms with van der Waals surface area (Å²) >= 11 is 0. The third kappa shape index (κ3) is 3.30. The smallest absolute Gasteiger partial charge is 0.330 e. The van der Waals surface area contributed by atoms with Gasteiger partial charge >= 0.3 is 5.97 Å². The number of carbonyl (C=O) groups excluding carboxylic acids is 2. The first-order valence-corrected chi connectivity index (χ1v) is 5.59. The second kappa shape index (κ2) is 5.64. The minimum atomic E-state index is -1.10. The molecule has 18 heavy (non-hydrogen) atoms. The van der Waals surface area contributed by atoms with Gasteiger partial charge in [0.25, 0.3) is 0 Å². The molecule has 3 N–H and O–H groups in total. The molecule has 0 radical (unpaired) electrons. The number of nitrogens with two attached hydrogens (primary N) is 1. The molecule has 0 unspecified atom stereocenters. The Kier molecular flexibility index (Phi) is 4.44. The third-order valence-electron chi connectivity index (χ3n) is 2.57. The summed E-state index contributed by atoms with van der Waals surface area (Å²) in [4.78, 5) is 23.4. The number of nitrogens with one attached hydrogen (secondary N) is 1. The molecule has 0 heterocycles. The lowest BCUT2D eigenvalue weighted by Crippen LogP contribution is -2.52. The molecular formula is C13H18N2O3. The van der Waals surface area contributed by atoms with Gasteiger partial charge in [-0.15, -0.1) is 0 Å². The minimum Gasteiger partial charge on any atom is -0.467 e. The average Bonchev–Trinajstić information content (AvgIpc) is 2.37. The standard InChI is InChI=1S/C13H18N2O3/c1-13(2,12(17)18-3)15-11(16)10(14)9-7-5-4-6-8-9/h4-8,10H,14H2,1-3H3,(H,15,16)/t10-/m0/s1. The minimum absolute atomic E-state index is 0.420. The van der Waals surface area contributed by atoms with Crippen LogP contribution in [0.15, 0.2) is 30.3 Å². The van der Waals surface area contributed by atoms with Gasteiger partial charge in [0, 0.05) is 0 Å². The molecule has 0 spiro atoms. The van der Waals surface area contributed by atoms with E-state index >= 15 is 0 Å². The highest BCUT2D eigenvalue weighted by atomic mass is 16.5. The predicted molar refractivity (Wildman–Crippen MR) is 67.6 cm³/mol. The van der Waals surface area contributed by atoms with Crippen LogP contribution in [0, 0.1) is 0 Å². The number of hydrogen-bond donors (Lipinski definition) is 2. The molecule has 0 saturated heterocycles. The molecule has 0 aliphatic carbocycles. The third-order valence-corrected chi connectivity index (χ3v) is 2.57. The summed E-state index contributed by atoms with van der Waals surface area (Å²) < 4.78 is 4.61. The number of esters is 1. The highest BCUT2D eigenvalue weighted by Crippen LogP contribution is 2.12. The molecule has 0 saturated carbocycles. The van der Waals surface area contributed by atoms with Crippen LogP contribution in [0.25, 0.3) is 0 Å². The number of methoxy groups -OCH3 is 1. The van der Waals surface area contributed by atoms with E-state index in [2.05, 4.69) is 10.1 Å². The van der Waals surface area contributed by atoms with Crippen LogP contribution in [-0.4, -0.2) is 24.5 Å². The summed E-state index contributed by atoms with van der Waals surface area (Å²) in [7, 11) is 1.27. The molecule has 0 aliphatic rings. The summed E-state index contributed by atoms with van der Waals surface area (Å²) in [5.74, 6) is -0.937. The van der Waals surface area contributed by atoms with Gasteiger partial charge in [0.1, 0.15) is 11.6 Å². The molecular weight excluding hydrogens is 232 g/mol. The zero-order valence-electron chi connectivity index (χ0n) is 10.8. The fourth-order valence-corrected chi connectivity index (χ4v) is 1.50. The maximum absolute atomic E-state index is 11.9. The van der Waals surface area contributed by atoms with Crippen molar-refractivity contribution in [3.05, 3.63) is 35.9 Å². The molecule has 5 nitrogen and oxygen atoms in total. The number of amides is 1. The van der Waals surface area contributed by atoms with E-state index in [1.807, 2.05) is 6.07 Å². The Morgan fingerprint density at radius 3 is 2.33 bits per heavy atom. The van der Waals surface area contributed by atoms with Crippen LogP contribution in [0.2, 0.25) is 0 Å². The van der Waals surface area contributed by atoms with E-state index in [0.29, 0.717) is 5.56 Å². The molecule has 1 rings (SSSR count). The molecule has 0 aliphatic heterocycles. The molecule has 5 heteroatoms. The largest absolute Gasteiger partial charge is 0.467 e. The molecule has 1 aromatic carbocycles. The summed E-state index contributed by atoms with van der Waals surface area (Å²) in [6.07, 6.45) is 0. The Morgan fingerprint density at radius 2 is 1.83 bits per heavy atom. The second-order valence-electron chi connectivity index (χ2n) is 4.49. The first-order chi connectivity index (χ1) is 8.38. The normalized spacial score (nSPS) is 12.7. The second-order valence-corrected chi connectivity index (χ2v) is 4.49. The Balaban J connectivity index is 2.75. The van der Waals surface area contributed by atoms with Crippen molar-refractivity contribution < 1.29 is 14.3 Å². The van der Waals surface area contributed by atoms with E-state index < -0.39 is 23.5 Å². The van der Waals surface area contributed by atoms with Crippen LogP contribution >= 0.6 is 0 Å². The molecule has 98 valence electrons. The van der Waals surface area contributed by atoms with Gasteiger partial charge in [-0.2, -0.15) is 0 Å². The maximum Gasteiger partial charge on any atom is 0.330 e. The van der Waals surface area contributed by atoms with E-state index in [-0.39, 0.29) is 0 Å². The summed E-state index contributed by atoms with van der Waals surface area (Å²) in [6.45, 7) is 3.13. The molecule has 0 fully saturated rings. The molecule has 1 aromatic rings. The van der Waals surface area contributed by atoms with Gasteiger partial charge in [-0.1, -0.05) is 30.3 Å². The van der Waals surface area contributed by atoms with Crippen LogP contribution in [0.4, 0.5) is 0 Å². The Morgan fingerprint density at radius 1 is 1.28 bits per heavy atom. The van der Waals surface area contributed by atoms with E-state index in [1.165, 1.54) is 7.11 Å². The Labute approximate surface area is 106 Å². The zero-order chi connectivity index (χ0) is 13.8. The maximum atomic E-state index is 11.9. The molecule has 0 bridgehead atoms. The van der Waals surface area contributed by atoms with E-state index in [4.69, 9.17) is 5.73 Å². The van der Waals surface area contributed by atoms with Crippen LogP contribution < -0.4 is 11.1 Å².